The van der Waals surface area contributed by atoms with E-state index < -0.39 is 11.8 Å². The Balaban J connectivity index is 2.05. The molecule has 0 aliphatic heterocycles. The van der Waals surface area contributed by atoms with Crippen LogP contribution < -0.4 is 20.3 Å². The minimum atomic E-state index is -0.491. The van der Waals surface area contributed by atoms with Crippen LogP contribution in [0.2, 0.25) is 0 Å². The summed E-state index contributed by atoms with van der Waals surface area (Å²) in [6.45, 7) is 0. The van der Waals surface area contributed by atoms with E-state index in [1.165, 1.54) is 32.5 Å². The molecule has 0 spiro atoms. The highest BCUT2D eigenvalue weighted by Gasteiger charge is 2.11. The lowest BCUT2D eigenvalue weighted by atomic mass is 10.2. The van der Waals surface area contributed by atoms with Crippen molar-refractivity contribution in [3.63, 3.8) is 0 Å². The molecule has 1 heterocycles. The van der Waals surface area contributed by atoms with Crippen molar-refractivity contribution < 1.29 is 19.1 Å². The molecule has 1 aromatic heterocycles. The molecule has 0 bridgehead atoms. The summed E-state index contributed by atoms with van der Waals surface area (Å²) in [7, 11) is 2.97. The quantitative estimate of drug-likeness (QED) is 0.828. The van der Waals surface area contributed by atoms with Gasteiger partial charge in [0, 0.05) is 24.0 Å². The van der Waals surface area contributed by atoms with Gasteiger partial charge in [-0.25, -0.2) is 0 Å². The third-order valence-corrected chi connectivity index (χ3v) is 2.83. The predicted octanol–water partition coefficient (Wildman–Crippen LogP) is 1.17. The van der Waals surface area contributed by atoms with Gasteiger partial charge in [-0.1, -0.05) is 0 Å². The smallest absolute Gasteiger partial charge is 0.271 e. The van der Waals surface area contributed by atoms with E-state index in [9.17, 15) is 9.59 Å². The Morgan fingerprint density at radius 2 is 1.55 bits per heavy atom. The predicted molar refractivity (Wildman–Crippen MR) is 78.7 cm³/mol. The molecule has 2 aromatic rings. The fourth-order valence-electron chi connectivity index (χ4n) is 1.69. The van der Waals surface area contributed by atoms with Crippen molar-refractivity contribution in [2.24, 2.45) is 0 Å². The van der Waals surface area contributed by atoms with Gasteiger partial charge in [0.15, 0.2) is 0 Å². The molecule has 0 aliphatic carbocycles. The lowest BCUT2D eigenvalue weighted by Gasteiger charge is -2.10. The maximum atomic E-state index is 12.1. The molecule has 0 atom stereocenters. The highest BCUT2D eigenvalue weighted by molar-refractivity contribution is 5.99. The van der Waals surface area contributed by atoms with Crippen LogP contribution in [0.4, 0.5) is 0 Å². The maximum Gasteiger partial charge on any atom is 0.271 e. The Kier molecular flexibility index (Phi) is 4.92. The first-order chi connectivity index (χ1) is 10.6. The molecule has 2 amide bonds. The van der Waals surface area contributed by atoms with E-state index in [0.717, 1.165) is 0 Å². The van der Waals surface area contributed by atoms with Crippen LogP contribution >= 0.6 is 0 Å². The van der Waals surface area contributed by atoms with Crippen LogP contribution in [0, 0.1) is 0 Å². The summed E-state index contributed by atoms with van der Waals surface area (Å²) in [4.78, 5) is 27.7. The van der Waals surface area contributed by atoms with Crippen LogP contribution in [0.1, 0.15) is 20.7 Å². The number of nitrogens with one attached hydrogen (secondary N) is 2. The van der Waals surface area contributed by atoms with Crippen LogP contribution in [0.15, 0.2) is 42.7 Å². The lowest BCUT2D eigenvalue weighted by Crippen LogP contribution is -2.41. The molecule has 1 aromatic carbocycles. The minimum absolute atomic E-state index is 0.294. The van der Waals surface area contributed by atoms with Gasteiger partial charge in [-0.15, -0.1) is 0 Å². The topological polar surface area (TPSA) is 89.5 Å². The molecule has 0 aliphatic rings. The number of benzene rings is 1. The molecule has 2 N–H and O–H groups in total. The van der Waals surface area contributed by atoms with Crippen LogP contribution in [0.3, 0.4) is 0 Å². The van der Waals surface area contributed by atoms with E-state index in [1.807, 2.05) is 0 Å². The average Bonchev–Trinajstić information content (AvgIpc) is 2.59. The van der Waals surface area contributed by atoms with Crippen molar-refractivity contribution in [2.45, 2.75) is 0 Å². The second kappa shape index (κ2) is 7.07. The lowest BCUT2D eigenvalue weighted by molar-refractivity contribution is 0.0846. The molecule has 7 nitrogen and oxygen atoms in total. The van der Waals surface area contributed by atoms with Crippen molar-refractivity contribution in [2.75, 3.05) is 14.2 Å². The van der Waals surface area contributed by atoms with Gasteiger partial charge in [-0.05, 0) is 24.3 Å². The number of amides is 2. The van der Waals surface area contributed by atoms with Gasteiger partial charge in [-0.2, -0.15) is 0 Å². The van der Waals surface area contributed by atoms with E-state index in [2.05, 4.69) is 15.8 Å². The van der Waals surface area contributed by atoms with Crippen LogP contribution in [-0.4, -0.2) is 31.0 Å². The molecule has 7 heteroatoms. The van der Waals surface area contributed by atoms with Gasteiger partial charge in [0.05, 0.1) is 19.8 Å². The summed E-state index contributed by atoms with van der Waals surface area (Å²) < 4.78 is 10.2. The standard InChI is InChI=1S/C15H15N3O4/c1-21-12-6-11(7-13(8-12)22-2)15(20)18-17-14(19)10-4-3-5-16-9-10/h3-9H,1-2H3,(H,17,19)(H,18,20). The number of hydrazine groups is 1. The zero-order valence-electron chi connectivity index (χ0n) is 12.1. The van der Waals surface area contributed by atoms with Gasteiger partial charge in [-0.3, -0.25) is 25.4 Å². The molecular formula is C15H15N3O4. The molecule has 0 fully saturated rings. The van der Waals surface area contributed by atoms with Crippen LogP contribution in [0.5, 0.6) is 11.5 Å². The molecule has 0 saturated heterocycles. The molecule has 0 saturated carbocycles. The number of carbonyl (C=O) groups excluding carboxylic acids is 2. The van der Waals surface area contributed by atoms with E-state index >= 15 is 0 Å². The average molecular weight is 301 g/mol. The summed E-state index contributed by atoms with van der Waals surface area (Å²) in [5.41, 5.74) is 5.27. The number of pyridine rings is 1. The first-order valence-corrected chi connectivity index (χ1v) is 6.38. The van der Waals surface area contributed by atoms with E-state index in [1.54, 1.807) is 24.4 Å². The highest BCUT2D eigenvalue weighted by Crippen LogP contribution is 2.22. The number of methoxy groups -OCH3 is 2. The number of hydrogen-bond donors (Lipinski definition) is 2. The van der Waals surface area contributed by atoms with E-state index in [-0.39, 0.29) is 0 Å². The van der Waals surface area contributed by atoms with Gasteiger partial charge in [0.25, 0.3) is 11.8 Å². The monoisotopic (exact) mass is 301 g/mol. The van der Waals surface area contributed by atoms with Gasteiger partial charge >= 0.3 is 0 Å². The fraction of sp³-hybridized carbons (Fsp3) is 0.133. The second-order valence-electron chi connectivity index (χ2n) is 4.25. The largest absolute Gasteiger partial charge is 0.497 e. The SMILES string of the molecule is COc1cc(OC)cc(C(=O)NNC(=O)c2cccnc2)c1. The summed E-state index contributed by atoms with van der Waals surface area (Å²) in [6, 6.07) is 7.93. The fourth-order valence-corrected chi connectivity index (χ4v) is 1.69. The van der Waals surface area contributed by atoms with Crippen LogP contribution in [0.25, 0.3) is 0 Å². The molecular weight excluding hydrogens is 286 g/mol. The van der Waals surface area contributed by atoms with Gasteiger partial charge in [0.2, 0.25) is 0 Å². The Bertz CT molecular complexity index is 651. The number of ether oxygens (including phenoxy) is 2. The van der Waals surface area contributed by atoms with Crippen LogP contribution in [-0.2, 0) is 0 Å². The first-order valence-electron chi connectivity index (χ1n) is 6.38. The van der Waals surface area contributed by atoms with Gasteiger partial charge in [0.1, 0.15) is 11.5 Å². The normalized spacial score (nSPS) is 9.73. The van der Waals surface area contributed by atoms with Crippen molar-refractivity contribution in [1.82, 2.24) is 15.8 Å². The van der Waals surface area contributed by atoms with Crippen molar-refractivity contribution in [3.8, 4) is 11.5 Å². The third-order valence-electron chi connectivity index (χ3n) is 2.83. The molecule has 0 radical (unpaired) electrons. The number of rotatable bonds is 4. The summed E-state index contributed by atoms with van der Waals surface area (Å²) >= 11 is 0. The number of nitrogens with zero attached hydrogens (tertiary/aromatic N) is 1. The molecule has 22 heavy (non-hydrogen) atoms. The highest BCUT2D eigenvalue weighted by atomic mass is 16.5. The van der Waals surface area contributed by atoms with E-state index in [0.29, 0.717) is 22.6 Å². The number of aromatic nitrogens is 1. The third kappa shape index (κ3) is 3.72. The Morgan fingerprint density at radius 1 is 0.955 bits per heavy atom. The summed E-state index contributed by atoms with van der Waals surface area (Å²) in [5, 5.41) is 0. The maximum absolute atomic E-state index is 12.1. The van der Waals surface area contributed by atoms with Gasteiger partial charge < -0.3 is 9.47 Å². The van der Waals surface area contributed by atoms with Crippen molar-refractivity contribution >= 4 is 11.8 Å². The van der Waals surface area contributed by atoms with E-state index in [4.69, 9.17) is 9.47 Å². The zero-order chi connectivity index (χ0) is 15.9. The molecule has 114 valence electrons. The Morgan fingerprint density at radius 3 is 2.05 bits per heavy atom. The van der Waals surface area contributed by atoms with Crippen molar-refractivity contribution in [3.05, 3.63) is 53.9 Å². The minimum Gasteiger partial charge on any atom is -0.497 e. The zero-order valence-corrected chi connectivity index (χ0v) is 12.1. The Labute approximate surface area is 127 Å². The second-order valence-corrected chi connectivity index (χ2v) is 4.25. The Hall–Kier alpha value is -3.09. The summed E-state index contributed by atoms with van der Waals surface area (Å²) in [5.74, 6) is -0.00285. The first kappa shape index (κ1) is 15.3. The molecule has 0 unspecified atom stereocenters. The molecule has 2 rings (SSSR count). The van der Waals surface area contributed by atoms with Crippen molar-refractivity contribution in [1.29, 1.82) is 0 Å². The summed E-state index contributed by atoms with van der Waals surface area (Å²) in [6.07, 6.45) is 2.95. The number of carbonyl (C=O) groups is 2. The number of hydrogen-bond acceptors (Lipinski definition) is 5.